The van der Waals surface area contributed by atoms with E-state index in [2.05, 4.69) is 15.6 Å². The van der Waals surface area contributed by atoms with Crippen molar-refractivity contribution >= 4 is 23.2 Å². The van der Waals surface area contributed by atoms with E-state index >= 15 is 0 Å². The zero-order valence-corrected chi connectivity index (χ0v) is 12.8. The smallest absolute Gasteiger partial charge is 0.246 e. The van der Waals surface area contributed by atoms with Crippen molar-refractivity contribution in [2.24, 2.45) is 0 Å². The van der Waals surface area contributed by atoms with Crippen molar-refractivity contribution in [3.63, 3.8) is 0 Å². The maximum atomic E-state index is 12.0. The number of nitrogens with zero attached hydrogens (tertiary/aromatic N) is 3. The Labute approximate surface area is 127 Å². The molecular formula is C14H17ClN4O2. The highest BCUT2D eigenvalue weighted by Gasteiger charge is 2.20. The van der Waals surface area contributed by atoms with Crippen LogP contribution in [0.2, 0.25) is 5.02 Å². The van der Waals surface area contributed by atoms with Gasteiger partial charge in [-0.1, -0.05) is 22.9 Å². The molecule has 0 aliphatic rings. The summed E-state index contributed by atoms with van der Waals surface area (Å²) in [7, 11) is 0. The molecule has 1 aromatic heterocycles. The van der Waals surface area contributed by atoms with Crippen molar-refractivity contribution in [3.05, 3.63) is 40.7 Å². The molecule has 6 nitrogen and oxygen atoms in total. The van der Waals surface area contributed by atoms with Gasteiger partial charge in [0.2, 0.25) is 5.91 Å². The molecule has 0 fully saturated rings. The first-order valence-corrected chi connectivity index (χ1v) is 6.82. The van der Waals surface area contributed by atoms with Crippen LogP contribution < -0.4 is 5.32 Å². The van der Waals surface area contributed by atoms with Gasteiger partial charge >= 0.3 is 0 Å². The van der Waals surface area contributed by atoms with Gasteiger partial charge in [0, 0.05) is 10.7 Å². The first kappa shape index (κ1) is 15.5. The highest BCUT2D eigenvalue weighted by atomic mass is 35.5. The second-order valence-electron chi connectivity index (χ2n) is 5.37. The number of hydrogen-bond donors (Lipinski definition) is 2. The van der Waals surface area contributed by atoms with E-state index < -0.39 is 5.60 Å². The maximum Gasteiger partial charge on any atom is 0.246 e. The van der Waals surface area contributed by atoms with Gasteiger partial charge in [0.25, 0.3) is 0 Å². The average Bonchev–Trinajstić information content (AvgIpc) is 2.82. The van der Waals surface area contributed by atoms with Crippen molar-refractivity contribution < 1.29 is 9.90 Å². The normalized spacial score (nSPS) is 11.5. The Morgan fingerprint density at radius 2 is 2.19 bits per heavy atom. The van der Waals surface area contributed by atoms with Crippen LogP contribution in [0.4, 0.5) is 5.69 Å². The molecule has 0 saturated carbocycles. The minimum absolute atomic E-state index is 0.00896. The summed E-state index contributed by atoms with van der Waals surface area (Å²) in [6.45, 7) is 5.11. The minimum Gasteiger partial charge on any atom is -0.384 e. The average molecular weight is 309 g/mol. The van der Waals surface area contributed by atoms with Gasteiger partial charge in [0.15, 0.2) is 0 Å². The van der Waals surface area contributed by atoms with Gasteiger partial charge in [0.05, 0.1) is 6.20 Å². The largest absolute Gasteiger partial charge is 0.384 e. The van der Waals surface area contributed by atoms with E-state index in [4.69, 9.17) is 11.6 Å². The molecule has 112 valence electrons. The number of carbonyl (C=O) groups excluding carboxylic acids is 1. The predicted octanol–water partition coefficient (Wildman–Crippen LogP) is 2.11. The third kappa shape index (κ3) is 4.03. The quantitative estimate of drug-likeness (QED) is 0.906. The van der Waals surface area contributed by atoms with Crippen LogP contribution in [0.15, 0.2) is 24.4 Å². The topological polar surface area (TPSA) is 80.0 Å². The number of aromatic nitrogens is 3. The van der Waals surface area contributed by atoms with Gasteiger partial charge < -0.3 is 10.4 Å². The van der Waals surface area contributed by atoms with Crippen LogP contribution in [0.5, 0.6) is 0 Å². The van der Waals surface area contributed by atoms with Crippen LogP contribution in [0.1, 0.15) is 25.1 Å². The van der Waals surface area contributed by atoms with Crippen LogP contribution in [-0.2, 0) is 16.9 Å². The zero-order chi connectivity index (χ0) is 15.6. The molecule has 0 radical (unpaired) electrons. The van der Waals surface area contributed by atoms with Gasteiger partial charge in [-0.15, -0.1) is 5.10 Å². The first-order chi connectivity index (χ1) is 9.75. The molecule has 2 N–H and O–H groups in total. The Kier molecular flexibility index (Phi) is 4.29. The number of hydrogen-bond acceptors (Lipinski definition) is 4. The Bertz CT molecular complexity index is 661. The summed E-state index contributed by atoms with van der Waals surface area (Å²) in [4.78, 5) is 12.0. The maximum absolute atomic E-state index is 12.0. The second kappa shape index (κ2) is 5.83. The molecule has 1 heterocycles. The van der Waals surface area contributed by atoms with E-state index in [9.17, 15) is 9.90 Å². The molecule has 2 rings (SSSR count). The van der Waals surface area contributed by atoms with E-state index in [0.29, 0.717) is 16.4 Å². The van der Waals surface area contributed by atoms with Crippen LogP contribution >= 0.6 is 11.6 Å². The molecular weight excluding hydrogens is 292 g/mol. The molecule has 0 aliphatic heterocycles. The van der Waals surface area contributed by atoms with Gasteiger partial charge in [-0.25, -0.2) is 4.68 Å². The van der Waals surface area contributed by atoms with E-state index in [1.807, 2.05) is 13.0 Å². The zero-order valence-electron chi connectivity index (χ0n) is 12.1. The van der Waals surface area contributed by atoms with Gasteiger partial charge in [0.1, 0.15) is 17.8 Å². The summed E-state index contributed by atoms with van der Waals surface area (Å²) in [5.74, 6) is -0.243. The Morgan fingerprint density at radius 1 is 1.48 bits per heavy atom. The van der Waals surface area contributed by atoms with Crippen LogP contribution in [0.3, 0.4) is 0 Å². The molecule has 21 heavy (non-hydrogen) atoms. The molecule has 0 aliphatic carbocycles. The third-order valence-electron chi connectivity index (χ3n) is 2.94. The van der Waals surface area contributed by atoms with E-state index in [1.165, 1.54) is 4.68 Å². The second-order valence-corrected chi connectivity index (χ2v) is 5.80. The predicted molar refractivity (Wildman–Crippen MR) is 80.1 cm³/mol. The summed E-state index contributed by atoms with van der Waals surface area (Å²) in [5.41, 5.74) is 0.909. The van der Waals surface area contributed by atoms with Gasteiger partial charge in [-0.3, -0.25) is 4.79 Å². The fourth-order valence-corrected chi connectivity index (χ4v) is 1.89. The Morgan fingerprint density at radius 3 is 2.81 bits per heavy atom. The summed E-state index contributed by atoms with van der Waals surface area (Å²) in [6.07, 6.45) is 1.55. The fraction of sp³-hybridized carbons (Fsp3) is 0.357. The summed E-state index contributed by atoms with van der Waals surface area (Å²) in [5, 5.41) is 20.8. The molecule has 2 aromatic rings. The first-order valence-electron chi connectivity index (χ1n) is 6.45. The third-order valence-corrected chi connectivity index (χ3v) is 3.18. The summed E-state index contributed by atoms with van der Waals surface area (Å²) >= 11 is 5.91. The van der Waals surface area contributed by atoms with E-state index in [-0.39, 0.29) is 12.5 Å². The molecule has 0 atom stereocenters. The number of aryl methyl sites for hydroxylation is 1. The molecule has 0 spiro atoms. The lowest BCUT2D eigenvalue weighted by Gasteiger charge is -2.12. The molecule has 1 aromatic carbocycles. The number of anilines is 1. The van der Waals surface area contributed by atoms with Crippen LogP contribution in [0.25, 0.3) is 0 Å². The number of halogens is 1. The Balaban J connectivity index is 2.05. The van der Waals surface area contributed by atoms with Gasteiger partial charge in [-0.2, -0.15) is 0 Å². The lowest BCUT2D eigenvalue weighted by atomic mass is 10.1. The fourth-order valence-electron chi connectivity index (χ4n) is 1.72. The van der Waals surface area contributed by atoms with Crippen molar-refractivity contribution in [1.29, 1.82) is 0 Å². The molecule has 7 heteroatoms. The summed E-state index contributed by atoms with van der Waals surface area (Å²) in [6, 6.07) is 5.29. The highest BCUT2D eigenvalue weighted by molar-refractivity contribution is 6.31. The summed E-state index contributed by atoms with van der Waals surface area (Å²) < 4.78 is 1.38. The number of aliphatic hydroxyl groups is 1. The number of benzene rings is 1. The Hall–Kier alpha value is -1.92. The monoisotopic (exact) mass is 308 g/mol. The number of amides is 1. The van der Waals surface area contributed by atoms with Crippen LogP contribution in [-0.4, -0.2) is 26.0 Å². The van der Waals surface area contributed by atoms with Crippen molar-refractivity contribution in [3.8, 4) is 0 Å². The molecule has 0 unspecified atom stereocenters. The van der Waals surface area contributed by atoms with E-state index in [1.54, 1.807) is 32.2 Å². The SMILES string of the molecule is Cc1ccc(Cl)cc1NC(=O)Cn1cc(C(C)(C)O)nn1. The standard InChI is InChI=1S/C14H17ClN4O2/c1-9-4-5-10(15)6-11(9)16-13(20)8-19-7-12(17-18-19)14(2,3)21/h4-7,21H,8H2,1-3H3,(H,16,20). The highest BCUT2D eigenvalue weighted by Crippen LogP contribution is 2.20. The van der Waals surface area contributed by atoms with Crippen molar-refractivity contribution in [2.75, 3.05) is 5.32 Å². The van der Waals surface area contributed by atoms with Gasteiger partial charge in [-0.05, 0) is 38.5 Å². The van der Waals surface area contributed by atoms with Crippen molar-refractivity contribution in [2.45, 2.75) is 32.9 Å². The van der Waals surface area contributed by atoms with Crippen molar-refractivity contribution in [1.82, 2.24) is 15.0 Å². The lowest BCUT2D eigenvalue weighted by Crippen LogP contribution is -2.20. The molecule has 0 saturated heterocycles. The number of rotatable bonds is 4. The minimum atomic E-state index is -1.09. The van der Waals surface area contributed by atoms with Crippen LogP contribution in [0, 0.1) is 6.92 Å². The lowest BCUT2D eigenvalue weighted by molar-refractivity contribution is -0.116. The van der Waals surface area contributed by atoms with E-state index in [0.717, 1.165) is 5.56 Å². The molecule has 0 bridgehead atoms. The number of nitrogens with one attached hydrogen (secondary N) is 1. The number of carbonyl (C=O) groups is 1. The molecule has 1 amide bonds.